The number of hydrogen-bond donors (Lipinski definition) is 1. The number of sulfonamides is 1. The fourth-order valence-electron chi connectivity index (χ4n) is 1.95. The second-order valence-electron chi connectivity index (χ2n) is 4.70. The molecule has 0 amide bonds. The largest absolute Gasteiger partial charge is 0.314 e. The molecule has 0 bridgehead atoms. The van der Waals surface area contributed by atoms with Crippen molar-refractivity contribution in [1.82, 2.24) is 9.62 Å². The van der Waals surface area contributed by atoms with Crippen molar-refractivity contribution in [2.24, 2.45) is 5.92 Å². The molecule has 1 fully saturated rings. The predicted octanol–water partition coefficient (Wildman–Crippen LogP) is 0.656. The quantitative estimate of drug-likeness (QED) is 0.777. The van der Waals surface area contributed by atoms with Gasteiger partial charge in [0.2, 0.25) is 10.0 Å². The minimum Gasteiger partial charge on any atom is -0.314 e. The van der Waals surface area contributed by atoms with Crippen LogP contribution >= 0.6 is 0 Å². The van der Waals surface area contributed by atoms with Gasteiger partial charge in [0.1, 0.15) is 0 Å². The van der Waals surface area contributed by atoms with E-state index in [4.69, 9.17) is 0 Å². The summed E-state index contributed by atoms with van der Waals surface area (Å²) in [6.45, 7) is 6.51. The highest BCUT2D eigenvalue weighted by Gasteiger charge is 2.28. The maximum absolute atomic E-state index is 11.5. The van der Waals surface area contributed by atoms with Crippen LogP contribution in [-0.2, 0) is 10.0 Å². The van der Waals surface area contributed by atoms with E-state index in [1.807, 2.05) is 0 Å². The average molecular weight is 234 g/mol. The third-order valence-corrected chi connectivity index (χ3v) is 4.13. The standard InChI is InChI=1S/C10H22N2O2S/c1-9(2)4-5-10-8-11-6-7-12(10)15(3,13)14/h9-11H,4-8H2,1-3H3. The summed E-state index contributed by atoms with van der Waals surface area (Å²) in [5.74, 6) is 0.633. The molecule has 0 saturated carbocycles. The van der Waals surface area contributed by atoms with Crippen LogP contribution in [0.15, 0.2) is 0 Å². The maximum atomic E-state index is 11.5. The molecular weight excluding hydrogens is 212 g/mol. The molecule has 0 aromatic heterocycles. The lowest BCUT2D eigenvalue weighted by molar-refractivity contribution is 0.247. The Morgan fingerprint density at radius 1 is 1.47 bits per heavy atom. The Morgan fingerprint density at radius 3 is 2.67 bits per heavy atom. The van der Waals surface area contributed by atoms with E-state index in [0.717, 1.165) is 25.9 Å². The summed E-state index contributed by atoms with van der Waals surface area (Å²) < 4.78 is 24.7. The topological polar surface area (TPSA) is 49.4 Å². The first-order chi connectivity index (χ1) is 6.91. The molecule has 1 N–H and O–H groups in total. The first kappa shape index (κ1) is 12.9. The van der Waals surface area contributed by atoms with Crippen molar-refractivity contribution >= 4 is 10.0 Å². The van der Waals surface area contributed by atoms with Gasteiger partial charge in [-0.2, -0.15) is 4.31 Å². The molecule has 15 heavy (non-hydrogen) atoms. The zero-order valence-corrected chi connectivity index (χ0v) is 10.7. The van der Waals surface area contributed by atoms with Gasteiger partial charge in [-0.05, 0) is 18.8 Å². The lowest BCUT2D eigenvalue weighted by Crippen LogP contribution is -2.53. The van der Waals surface area contributed by atoms with Gasteiger partial charge in [0, 0.05) is 25.7 Å². The molecule has 0 aromatic carbocycles. The van der Waals surface area contributed by atoms with Crippen LogP contribution in [0, 0.1) is 5.92 Å². The van der Waals surface area contributed by atoms with Crippen LogP contribution in [0.1, 0.15) is 26.7 Å². The van der Waals surface area contributed by atoms with Crippen LogP contribution in [0.25, 0.3) is 0 Å². The van der Waals surface area contributed by atoms with Crippen molar-refractivity contribution in [2.75, 3.05) is 25.9 Å². The Bertz CT molecular complexity index is 288. The molecule has 1 aliphatic heterocycles. The van der Waals surface area contributed by atoms with E-state index in [0.29, 0.717) is 12.5 Å². The molecule has 5 heteroatoms. The third kappa shape index (κ3) is 4.09. The summed E-state index contributed by atoms with van der Waals surface area (Å²) in [5.41, 5.74) is 0. The normalized spacial score (nSPS) is 24.7. The van der Waals surface area contributed by atoms with Crippen LogP contribution in [0.4, 0.5) is 0 Å². The minimum atomic E-state index is -3.03. The van der Waals surface area contributed by atoms with Crippen LogP contribution in [0.5, 0.6) is 0 Å². The summed E-state index contributed by atoms with van der Waals surface area (Å²) in [5, 5.41) is 3.25. The molecule has 0 spiro atoms. The van der Waals surface area contributed by atoms with E-state index in [-0.39, 0.29) is 6.04 Å². The number of hydrogen-bond acceptors (Lipinski definition) is 3. The first-order valence-electron chi connectivity index (χ1n) is 5.59. The van der Waals surface area contributed by atoms with Crippen LogP contribution in [0.2, 0.25) is 0 Å². The van der Waals surface area contributed by atoms with E-state index < -0.39 is 10.0 Å². The van der Waals surface area contributed by atoms with Gasteiger partial charge in [-0.3, -0.25) is 0 Å². The Labute approximate surface area is 93.1 Å². The molecule has 1 aliphatic rings. The van der Waals surface area contributed by atoms with Crippen LogP contribution in [0.3, 0.4) is 0 Å². The van der Waals surface area contributed by atoms with Crippen molar-refractivity contribution in [3.63, 3.8) is 0 Å². The summed E-state index contributed by atoms with van der Waals surface area (Å²) >= 11 is 0. The van der Waals surface area contributed by atoms with Crippen molar-refractivity contribution < 1.29 is 8.42 Å². The monoisotopic (exact) mass is 234 g/mol. The van der Waals surface area contributed by atoms with Gasteiger partial charge in [0.15, 0.2) is 0 Å². The van der Waals surface area contributed by atoms with Crippen LogP contribution in [-0.4, -0.2) is 44.7 Å². The molecule has 4 nitrogen and oxygen atoms in total. The van der Waals surface area contributed by atoms with Gasteiger partial charge < -0.3 is 5.32 Å². The molecule has 0 radical (unpaired) electrons. The lowest BCUT2D eigenvalue weighted by atomic mass is 10.0. The average Bonchev–Trinajstić information content (AvgIpc) is 2.13. The van der Waals surface area contributed by atoms with E-state index in [9.17, 15) is 8.42 Å². The Kier molecular flexibility index (Phi) is 4.55. The summed E-state index contributed by atoms with van der Waals surface area (Å²) in [4.78, 5) is 0. The molecule has 1 saturated heterocycles. The molecular formula is C10H22N2O2S. The summed E-state index contributed by atoms with van der Waals surface area (Å²) in [6, 6.07) is 0.149. The van der Waals surface area contributed by atoms with Gasteiger partial charge in [-0.25, -0.2) is 8.42 Å². The number of piperazine rings is 1. The molecule has 0 aliphatic carbocycles. The molecule has 1 rings (SSSR count). The Balaban J connectivity index is 2.58. The van der Waals surface area contributed by atoms with Gasteiger partial charge >= 0.3 is 0 Å². The fourth-order valence-corrected chi connectivity index (χ4v) is 3.10. The van der Waals surface area contributed by atoms with Crippen LogP contribution < -0.4 is 5.32 Å². The lowest BCUT2D eigenvalue weighted by Gasteiger charge is -2.34. The highest BCUT2D eigenvalue weighted by Crippen LogP contribution is 2.16. The molecule has 1 heterocycles. The molecule has 1 unspecified atom stereocenters. The van der Waals surface area contributed by atoms with Gasteiger partial charge in [-0.1, -0.05) is 13.8 Å². The first-order valence-corrected chi connectivity index (χ1v) is 7.43. The van der Waals surface area contributed by atoms with Gasteiger partial charge in [0.05, 0.1) is 6.26 Å². The zero-order valence-electron chi connectivity index (χ0n) is 9.86. The minimum absolute atomic E-state index is 0.149. The predicted molar refractivity (Wildman–Crippen MR) is 62.3 cm³/mol. The third-order valence-electron chi connectivity index (χ3n) is 2.80. The summed E-state index contributed by atoms with van der Waals surface area (Å²) in [7, 11) is -3.03. The van der Waals surface area contributed by atoms with Crippen molar-refractivity contribution in [3.05, 3.63) is 0 Å². The Hall–Kier alpha value is -0.130. The Morgan fingerprint density at radius 2 is 2.13 bits per heavy atom. The number of nitrogens with one attached hydrogen (secondary N) is 1. The van der Waals surface area contributed by atoms with Crippen molar-refractivity contribution in [1.29, 1.82) is 0 Å². The van der Waals surface area contributed by atoms with Gasteiger partial charge in [-0.15, -0.1) is 0 Å². The second kappa shape index (κ2) is 5.27. The zero-order chi connectivity index (χ0) is 11.5. The number of nitrogens with zero attached hydrogens (tertiary/aromatic N) is 1. The highest BCUT2D eigenvalue weighted by atomic mass is 32.2. The highest BCUT2D eigenvalue weighted by molar-refractivity contribution is 7.88. The molecule has 0 aromatic rings. The maximum Gasteiger partial charge on any atom is 0.211 e. The van der Waals surface area contributed by atoms with E-state index in [2.05, 4.69) is 19.2 Å². The molecule has 1 atom stereocenters. The molecule has 90 valence electrons. The fraction of sp³-hybridized carbons (Fsp3) is 1.00. The smallest absolute Gasteiger partial charge is 0.211 e. The van der Waals surface area contributed by atoms with E-state index in [1.54, 1.807) is 4.31 Å². The van der Waals surface area contributed by atoms with Crippen molar-refractivity contribution in [2.45, 2.75) is 32.7 Å². The van der Waals surface area contributed by atoms with Crippen molar-refractivity contribution in [3.8, 4) is 0 Å². The second-order valence-corrected chi connectivity index (χ2v) is 6.64. The number of rotatable bonds is 4. The van der Waals surface area contributed by atoms with E-state index in [1.165, 1.54) is 6.26 Å². The summed E-state index contributed by atoms with van der Waals surface area (Å²) in [6.07, 6.45) is 3.34. The van der Waals surface area contributed by atoms with Gasteiger partial charge in [0.25, 0.3) is 0 Å². The van der Waals surface area contributed by atoms with E-state index >= 15 is 0 Å². The SMILES string of the molecule is CC(C)CCC1CNCCN1S(C)(=O)=O.